The maximum absolute atomic E-state index is 12.4. The molecule has 0 rings (SSSR count). The Morgan fingerprint density at radius 2 is 1.81 bits per heavy atom. The number of halogens is 3. The lowest BCUT2D eigenvalue weighted by molar-refractivity contribution is -0.229. The van der Waals surface area contributed by atoms with Crippen LogP contribution in [-0.2, 0) is 4.74 Å². The van der Waals surface area contributed by atoms with E-state index in [2.05, 4.69) is 5.32 Å². The molecular formula is C11H22F3NO. The van der Waals surface area contributed by atoms with Crippen molar-refractivity contribution in [3.63, 3.8) is 0 Å². The number of rotatable bonds is 7. The first-order chi connectivity index (χ1) is 7.36. The summed E-state index contributed by atoms with van der Waals surface area (Å²) in [5, 5.41) is 3.02. The highest BCUT2D eigenvalue weighted by Gasteiger charge is 2.39. The van der Waals surface area contributed by atoms with Gasteiger partial charge in [0.05, 0.1) is 6.10 Å². The van der Waals surface area contributed by atoms with E-state index in [1.807, 2.05) is 13.8 Å². The third-order valence-corrected chi connectivity index (χ3v) is 2.66. The lowest BCUT2D eigenvalue weighted by atomic mass is 10.0. The average molecular weight is 241 g/mol. The van der Waals surface area contributed by atoms with Gasteiger partial charge in [0, 0.05) is 6.04 Å². The minimum absolute atomic E-state index is 0.0141. The number of nitrogens with one attached hydrogen (secondary N) is 1. The maximum Gasteiger partial charge on any atom is 0.414 e. The van der Waals surface area contributed by atoms with E-state index < -0.39 is 12.3 Å². The molecule has 0 amide bonds. The SMILES string of the molecule is CCCC(NC)C(CC)OC(C)C(F)(F)F. The van der Waals surface area contributed by atoms with Crippen LogP contribution in [0.3, 0.4) is 0 Å². The van der Waals surface area contributed by atoms with E-state index in [0.717, 1.165) is 19.8 Å². The summed E-state index contributed by atoms with van der Waals surface area (Å²) >= 11 is 0. The summed E-state index contributed by atoms with van der Waals surface area (Å²) in [6.07, 6.45) is -4.05. The second-order valence-electron chi connectivity index (χ2n) is 3.95. The zero-order valence-corrected chi connectivity index (χ0v) is 10.4. The Kier molecular flexibility index (Phi) is 6.99. The molecule has 5 heteroatoms. The van der Waals surface area contributed by atoms with E-state index in [-0.39, 0.29) is 12.1 Å². The molecule has 2 nitrogen and oxygen atoms in total. The molecule has 0 radical (unpaired) electrons. The zero-order chi connectivity index (χ0) is 12.8. The van der Waals surface area contributed by atoms with E-state index in [1.54, 1.807) is 7.05 Å². The molecule has 16 heavy (non-hydrogen) atoms. The average Bonchev–Trinajstić information content (AvgIpc) is 2.21. The van der Waals surface area contributed by atoms with Crippen molar-refractivity contribution in [3.8, 4) is 0 Å². The molecule has 0 aromatic heterocycles. The summed E-state index contributed by atoms with van der Waals surface area (Å²) in [4.78, 5) is 0. The second kappa shape index (κ2) is 7.12. The fourth-order valence-electron chi connectivity index (χ4n) is 1.64. The molecule has 3 atom stereocenters. The van der Waals surface area contributed by atoms with Crippen molar-refractivity contribution < 1.29 is 17.9 Å². The van der Waals surface area contributed by atoms with Crippen molar-refractivity contribution >= 4 is 0 Å². The van der Waals surface area contributed by atoms with Crippen LogP contribution < -0.4 is 5.32 Å². The molecule has 98 valence electrons. The van der Waals surface area contributed by atoms with Crippen LogP contribution in [0.2, 0.25) is 0 Å². The van der Waals surface area contributed by atoms with Gasteiger partial charge in [0.1, 0.15) is 0 Å². The molecule has 3 unspecified atom stereocenters. The predicted molar refractivity (Wildman–Crippen MR) is 58.4 cm³/mol. The number of ether oxygens (including phenoxy) is 1. The molecule has 0 saturated heterocycles. The fourth-order valence-corrected chi connectivity index (χ4v) is 1.64. The van der Waals surface area contributed by atoms with Gasteiger partial charge in [-0.15, -0.1) is 0 Å². The van der Waals surface area contributed by atoms with Crippen LogP contribution in [-0.4, -0.2) is 31.5 Å². The van der Waals surface area contributed by atoms with Crippen molar-refractivity contribution in [1.29, 1.82) is 0 Å². The van der Waals surface area contributed by atoms with Gasteiger partial charge in [-0.1, -0.05) is 20.3 Å². The summed E-state index contributed by atoms with van der Waals surface area (Å²) in [5.41, 5.74) is 0. The van der Waals surface area contributed by atoms with Gasteiger partial charge < -0.3 is 10.1 Å². The molecule has 1 N–H and O–H groups in total. The van der Waals surface area contributed by atoms with E-state index in [9.17, 15) is 13.2 Å². The first-order valence-corrected chi connectivity index (χ1v) is 5.76. The second-order valence-corrected chi connectivity index (χ2v) is 3.95. The van der Waals surface area contributed by atoms with Crippen molar-refractivity contribution in [2.75, 3.05) is 7.05 Å². The Balaban J connectivity index is 4.37. The zero-order valence-electron chi connectivity index (χ0n) is 10.4. The van der Waals surface area contributed by atoms with Crippen molar-refractivity contribution in [1.82, 2.24) is 5.32 Å². The Morgan fingerprint density at radius 1 is 1.25 bits per heavy atom. The van der Waals surface area contributed by atoms with Gasteiger partial charge in [0.25, 0.3) is 0 Å². The summed E-state index contributed by atoms with van der Waals surface area (Å²) in [6, 6.07) is -0.0141. The van der Waals surface area contributed by atoms with Gasteiger partial charge in [0.2, 0.25) is 0 Å². The molecule has 0 aromatic carbocycles. The van der Waals surface area contributed by atoms with E-state index in [4.69, 9.17) is 4.74 Å². The highest BCUT2D eigenvalue weighted by molar-refractivity contribution is 4.76. The Bertz CT molecular complexity index is 185. The Labute approximate surface area is 95.5 Å². The van der Waals surface area contributed by atoms with Gasteiger partial charge in [-0.05, 0) is 26.8 Å². The fraction of sp³-hybridized carbons (Fsp3) is 1.00. The van der Waals surface area contributed by atoms with Crippen LogP contribution in [0.25, 0.3) is 0 Å². The summed E-state index contributed by atoms with van der Waals surface area (Å²) in [5.74, 6) is 0. The quantitative estimate of drug-likeness (QED) is 0.739. The Morgan fingerprint density at radius 3 is 2.12 bits per heavy atom. The molecule has 0 heterocycles. The summed E-state index contributed by atoms with van der Waals surface area (Å²) in [7, 11) is 1.75. The van der Waals surface area contributed by atoms with E-state index >= 15 is 0 Å². The molecule has 0 aliphatic heterocycles. The number of hydrogen-bond donors (Lipinski definition) is 1. The number of hydrogen-bond acceptors (Lipinski definition) is 2. The smallest absolute Gasteiger partial charge is 0.364 e. The lowest BCUT2D eigenvalue weighted by Gasteiger charge is -2.29. The van der Waals surface area contributed by atoms with Crippen LogP contribution in [0.5, 0.6) is 0 Å². The first-order valence-electron chi connectivity index (χ1n) is 5.76. The molecule has 0 fully saturated rings. The maximum atomic E-state index is 12.4. The summed E-state index contributed by atoms with van der Waals surface area (Å²) in [6.45, 7) is 4.90. The van der Waals surface area contributed by atoms with Crippen LogP contribution in [0.4, 0.5) is 13.2 Å². The van der Waals surface area contributed by atoms with Crippen molar-refractivity contribution in [2.24, 2.45) is 0 Å². The van der Waals surface area contributed by atoms with E-state index in [1.165, 1.54) is 0 Å². The van der Waals surface area contributed by atoms with Crippen LogP contribution in [0, 0.1) is 0 Å². The minimum atomic E-state index is -4.28. The lowest BCUT2D eigenvalue weighted by Crippen LogP contribution is -2.43. The molecule has 0 aromatic rings. The monoisotopic (exact) mass is 241 g/mol. The van der Waals surface area contributed by atoms with Crippen molar-refractivity contribution in [2.45, 2.75) is 64.5 Å². The van der Waals surface area contributed by atoms with Gasteiger partial charge >= 0.3 is 6.18 Å². The van der Waals surface area contributed by atoms with Gasteiger partial charge in [0.15, 0.2) is 6.10 Å². The van der Waals surface area contributed by atoms with Crippen LogP contribution in [0.15, 0.2) is 0 Å². The van der Waals surface area contributed by atoms with E-state index in [0.29, 0.717) is 6.42 Å². The van der Waals surface area contributed by atoms with Crippen LogP contribution in [0.1, 0.15) is 40.0 Å². The van der Waals surface area contributed by atoms with Gasteiger partial charge in [-0.25, -0.2) is 0 Å². The van der Waals surface area contributed by atoms with Gasteiger partial charge in [-0.3, -0.25) is 0 Å². The van der Waals surface area contributed by atoms with Crippen molar-refractivity contribution in [3.05, 3.63) is 0 Å². The molecule has 0 saturated carbocycles. The highest BCUT2D eigenvalue weighted by Crippen LogP contribution is 2.25. The number of likely N-dealkylation sites (N-methyl/N-ethyl adjacent to an activating group) is 1. The minimum Gasteiger partial charge on any atom is -0.364 e. The highest BCUT2D eigenvalue weighted by atomic mass is 19.4. The largest absolute Gasteiger partial charge is 0.414 e. The molecule has 0 aliphatic rings. The van der Waals surface area contributed by atoms with Crippen LogP contribution >= 0.6 is 0 Å². The summed E-state index contributed by atoms with van der Waals surface area (Å²) < 4.78 is 42.1. The predicted octanol–water partition coefficient (Wildman–Crippen LogP) is 3.12. The third kappa shape index (κ3) is 5.16. The third-order valence-electron chi connectivity index (χ3n) is 2.66. The molecule has 0 bridgehead atoms. The molecule has 0 aliphatic carbocycles. The topological polar surface area (TPSA) is 21.3 Å². The first kappa shape index (κ1) is 15.7. The normalized spacial score (nSPS) is 18.2. The van der Waals surface area contributed by atoms with Gasteiger partial charge in [-0.2, -0.15) is 13.2 Å². The molecule has 0 spiro atoms. The molecular weight excluding hydrogens is 219 g/mol. The Hall–Kier alpha value is -0.290. The standard InChI is InChI=1S/C11H22F3NO/c1-5-7-9(15-4)10(6-2)16-8(3)11(12,13)14/h8-10,15H,5-7H2,1-4H3. The number of alkyl halides is 3.